The van der Waals surface area contributed by atoms with E-state index in [1.165, 1.54) is 0 Å². The Morgan fingerprint density at radius 1 is 1.32 bits per heavy atom. The van der Waals surface area contributed by atoms with Crippen LogP contribution >= 0.6 is 11.6 Å². The number of benzene rings is 1. The predicted octanol–water partition coefficient (Wildman–Crippen LogP) is 3.92. The van der Waals surface area contributed by atoms with Crippen molar-refractivity contribution in [2.75, 3.05) is 5.32 Å². The lowest BCUT2D eigenvalue weighted by Gasteiger charge is -2.04. The van der Waals surface area contributed by atoms with Crippen molar-refractivity contribution in [1.29, 1.82) is 0 Å². The molecule has 1 aromatic carbocycles. The predicted molar refractivity (Wildman–Crippen MR) is 96.6 cm³/mol. The van der Waals surface area contributed by atoms with Crippen LogP contribution in [0.3, 0.4) is 0 Å². The third-order valence-corrected chi connectivity index (χ3v) is 4.36. The minimum Gasteiger partial charge on any atom is -0.441 e. The van der Waals surface area contributed by atoms with Gasteiger partial charge < -0.3 is 9.73 Å². The summed E-state index contributed by atoms with van der Waals surface area (Å²) in [4.78, 5) is 16.4. The van der Waals surface area contributed by atoms with E-state index in [2.05, 4.69) is 15.4 Å². The van der Waals surface area contributed by atoms with Crippen molar-refractivity contribution >= 4 is 23.2 Å². The van der Waals surface area contributed by atoms with Crippen molar-refractivity contribution in [3.05, 3.63) is 52.8 Å². The molecule has 3 rings (SSSR count). The van der Waals surface area contributed by atoms with Gasteiger partial charge in [-0.2, -0.15) is 5.10 Å². The molecule has 2 aromatic heterocycles. The Morgan fingerprint density at radius 3 is 2.76 bits per heavy atom. The number of aryl methyl sites for hydroxylation is 3. The van der Waals surface area contributed by atoms with E-state index in [0.717, 1.165) is 22.6 Å². The van der Waals surface area contributed by atoms with Gasteiger partial charge in [-0.3, -0.25) is 9.48 Å². The molecule has 25 heavy (non-hydrogen) atoms. The Hall–Kier alpha value is -2.60. The number of oxazole rings is 1. The molecule has 0 aliphatic carbocycles. The van der Waals surface area contributed by atoms with Gasteiger partial charge in [-0.25, -0.2) is 4.98 Å². The monoisotopic (exact) mass is 358 g/mol. The molecule has 1 amide bonds. The second kappa shape index (κ2) is 7.11. The highest BCUT2D eigenvalue weighted by molar-refractivity contribution is 6.33. The lowest BCUT2D eigenvalue weighted by molar-refractivity contribution is -0.116. The van der Waals surface area contributed by atoms with Crippen molar-refractivity contribution in [2.24, 2.45) is 7.05 Å². The van der Waals surface area contributed by atoms with Crippen LogP contribution in [-0.4, -0.2) is 20.7 Å². The van der Waals surface area contributed by atoms with E-state index in [1.54, 1.807) is 16.9 Å². The lowest BCUT2D eigenvalue weighted by atomic mass is 10.2. The van der Waals surface area contributed by atoms with Gasteiger partial charge in [0.05, 0.1) is 28.3 Å². The quantitative estimate of drug-likeness (QED) is 0.750. The van der Waals surface area contributed by atoms with Crippen LogP contribution in [0.2, 0.25) is 5.02 Å². The zero-order valence-electron chi connectivity index (χ0n) is 14.3. The molecule has 130 valence electrons. The van der Waals surface area contributed by atoms with Crippen LogP contribution in [0, 0.1) is 13.8 Å². The molecule has 2 heterocycles. The zero-order valence-corrected chi connectivity index (χ0v) is 15.1. The van der Waals surface area contributed by atoms with Crippen LogP contribution < -0.4 is 5.32 Å². The first kappa shape index (κ1) is 17.2. The van der Waals surface area contributed by atoms with Crippen LogP contribution in [0.15, 0.2) is 34.9 Å². The molecule has 0 fully saturated rings. The molecule has 0 aliphatic heterocycles. The molecular formula is C18H19ClN4O2. The van der Waals surface area contributed by atoms with Gasteiger partial charge in [-0.05, 0) is 26.0 Å². The Labute approximate surface area is 150 Å². The van der Waals surface area contributed by atoms with E-state index < -0.39 is 0 Å². The summed E-state index contributed by atoms with van der Waals surface area (Å²) in [6, 6.07) is 7.41. The van der Waals surface area contributed by atoms with Gasteiger partial charge in [0.1, 0.15) is 0 Å². The molecule has 7 heteroatoms. The maximum Gasteiger partial charge on any atom is 0.224 e. The van der Waals surface area contributed by atoms with Crippen LogP contribution in [0.25, 0.3) is 11.3 Å². The highest BCUT2D eigenvalue weighted by atomic mass is 35.5. The third kappa shape index (κ3) is 3.74. The molecule has 0 saturated heterocycles. The van der Waals surface area contributed by atoms with Crippen molar-refractivity contribution in [1.82, 2.24) is 14.8 Å². The smallest absolute Gasteiger partial charge is 0.224 e. The van der Waals surface area contributed by atoms with E-state index in [-0.39, 0.29) is 12.3 Å². The number of carbonyl (C=O) groups is 1. The van der Waals surface area contributed by atoms with Gasteiger partial charge in [0.15, 0.2) is 11.7 Å². The Morgan fingerprint density at radius 2 is 2.08 bits per heavy atom. The molecule has 0 radical (unpaired) electrons. The fraction of sp³-hybridized carbons (Fsp3) is 0.278. The van der Waals surface area contributed by atoms with Crippen molar-refractivity contribution in [3.63, 3.8) is 0 Å². The molecule has 6 nitrogen and oxygen atoms in total. The Bertz CT molecular complexity index is 914. The van der Waals surface area contributed by atoms with Gasteiger partial charge in [-0.1, -0.05) is 23.7 Å². The van der Waals surface area contributed by atoms with Crippen molar-refractivity contribution < 1.29 is 9.21 Å². The fourth-order valence-corrected chi connectivity index (χ4v) is 2.82. The minimum atomic E-state index is -0.100. The van der Waals surface area contributed by atoms with E-state index in [0.29, 0.717) is 23.1 Å². The van der Waals surface area contributed by atoms with Crippen LogP contribution in [-0.2, 0) is 18.3 Å². The minimum absolute atomic E-state index is 0.100. The number of hydrogen-bond acceptors (Lipinski definition) is 4. The first-order valence-corrected chi connectivity index (χ1v) is 8.33. The highest BCUT2D eigenvalue weighted by Gasteiger charge is 2.14. The number of carbonyl (C=O) groups excluding carboxylic acids is 1. The second-order valence-corrected chi connectivity index (χ2v) is 6.22. The maximum atomic E-state index is 12.2. The standard InChI is InChI=1S/C18H19ClN4O2/c1-11-18(12(2)23(3)22-11)21-16(24)8-9-17-20-10-15(25-17)13-6-4-5-7-14(13)19/h4-7,10H,8-9H2,1-3H3,(H,21,24). The summed E-state index contributed by atoms with van der Waals surface area (Å²) < 4.78 is 7.46. The van der Waals surface area contributed by atoms with E-state index >= 15 is 0 Å². The first-order chi connectivity index (χ1) is 12.0. The van der Waals surface area contributed by atoms with E-state index in [9.17, 15) is 4.79 Å². The number of hydrogen-bond donors (Lipinski definition) is 1. The summed E-state index contributed by atoms with van der Waals surface area (Å²) in [5.74, 6) is 1.00. The van der Waals surface area contributed by atoms with Crippen LogP contribution in [0.4, 0.5) is 5.69 Å². The molecule has 0 saturated carbocycles. The molecule has 0 bridgehead atoms. The largest absolute Gasteiger partial charge is 0.441 e. The van der Waals surface area contributed by atoms with E-state index in [1.807, 2.05) is 39.1 Å². The number of rotatable bonds is 5. The highest BCUT2D eigenvalue weighted by Crippen LogP contribution is 2.28. The molecule has 0 spiro atoms. The summed E-state index contributed by atoms with van der Waals surface area (Å²) >= 11 is 6.16. The number of nitrogens with zero attached hydrogens (tertiary/aromatic N) is 3. The molecule has 1 N–H and O–H groups in total. The summed E-state index contributed by atoms with van der Waals surface area (Å²) in [5.41, 5.74) is 3.26. The zero-order chi connectivity index (χ0) is 18.0. The Kier molecular flexibility index (Phi) is 4.90. The van der Waals surface area contributed by atoms with Gasteiger partial charge in [0.2, 0.25) is 5.91 Å². The third-order valence-electron chi connectivity index (χ3n) is 4.03. The molecule has 0 unspecified atom stereocenters. The molecule has 0 aliphatic rings. The van der Waals surface area contributed by atoms with Crippen LogP contribution in [0.5, 0.6) is 0 Å². The summed E-state index contributed by atoms with van der Waals surface area (Å²) in [5, 5.41) is 7.79. The lowest BCUT2D eigenvalue weighted by Crippen LogP contribution is -2.13. The summed E-state index contributed by atoms with van der Waals surface area (Å²) in [7, 11) is 1.85. The number of anilines is 1. The normalized spacial score (nSPS) is 10.9. The van der Waals surface area contributed by atoms with E-state index in [4.69, 9.17) is 16.0 Å². The van der Waals surface area contributed by atoms with Gasteiger partial charge >= 0.3 is 0 Å². The average molecular weight is 359 g/mol. The van der Waals surface area contributed by atoms with Crippen LogP contribution in [0.1, 0.15) is 23.7 Å². The average Bonchev–Trinajstić information content (AvgIpc) is 3.14. The second-order valence-electron chi connectivity index (χ2n) is 5.82. The molecule has 3 aromatic rings. The molecule has 0 atom stereocenters. The topological polar surface area (TPSA) is 73.0 Å². The number of aromatic nitrogens is 3. The van der Waals surface area contributed by atoms with Crippen molar-refractivity contribution in [3.8, 4) is 11.3 Å². The van der Waals surface area contributed by atoms with Gasteiger partial charge in [0, 0.05) is 25.5 Å². The van der Waals surface area contributed by atoms with Gasteiger partial charge in [0.25, 0.3) is 0 Å². The summed E-state index contributed by atoms with van der Waals surface area (Å²) in [6.07, 6.45) is 2.31. The van der Waals surface area contributed by atoms with Gasteiger partial charge in [-0.15, -0.1) is 0 Å². The fourth-order valence-electron chi connectivity index (χ4n) is 2.59. The maximum absolute atomic E-state index is 12.2. The number of amides is 1. The summed E-state index contributed by atoms with van der Waals surface area (Å²) in [6.45, 7) is 3.78. The number of nitrogens with one attached hydrogen (secondary N) is 1. The SMILES string of the molecule is Cc1nn(C)c(C)c1NC(=O)CCc1ncc(-c2ccccc2Cl)o1. The molecular weight excluding hydrogens is 340 g/mol. The first-order valence-electron chi connectivity index (χ1n) is 7.95. The number of halogens is 1. The van der Waals surface area contributed by atoms with Crippen molar-refractivity contribution in [2.45, 2.75) is 26.7 Å². The Balaban J connectivity index is 1.62.